The third-order valence-electron chi connectivity index (χ3n) is 4.41. The number of likely N-dealkylation sites (N-methyl/N-ethyl adjacent to an activating group) is 1. The number of nitrogens with one attached hydrogen (secondary N) is 1. The molecule has 1 aromatic rings. The first kappa shape index (κ1) is 13.8. The lowest BCUT2D eigenvalue weighted by atomic mass is 9.95. The van der Waals surface area contributed by atoms with Crippen molar-refractivity contribution in [1.29, 1.82) is 0 Å². The molecule has 1 unspecified atom stereocenters. The van der Waals surface area contributed by atoms with Gasteiger partial charge in [0.2, 0.25) is 5.89 Å². The Morgan fingerprint density at radius 2 is 2.15 bits per heavy atom. The Morgan fingerprint density at radius 1 is 1.30 bits per heavy atom. The van der Waals surface area contributed by atoms with Crippen LogP contribution in [-0.4, -0.2) is 61.4 Å². The van der Waals surface area contributed by atoms with Gasteiger partial charge in [-0.1, -0.05) is 0 Å². The summed E-state index contributed by atoms with van der Waals surface area (Å²) in [6.07, 6.45) is 4.68. The zero-order chi connectivity index (χ0) is 13.8. The van der Waals surface area contributed by atoms with Crippen LogP contribution in [0.15, 0.2) is 4.52 Å². The van der Waals surface area contributed by atoms with Crippen LogP contribution in [0.25, 0.3) is 0 Å². The number of piperazine rings is 1. The molecule has 1 aromatic heterocycles. The van der Waals surface area contributed by atoms with Gasteiger partial charge >= 0.3 is 0 Å². The van der Waals surface area contributed by atoms with E-state index < -0.39 is 0 Å². The van der Waals surface area contributed by atoms with E-state index in [1.807, 2.05) is 0 Å². The van der Waals surface area contributed by atoms with Crippen molar-refractivity contribution >= 4 is 5.95 Å². The molecule has 0 spiro atoms. The lowest BCUT2D eigenvalue weighted by Crippen LogP contribution is -2.44. The van der Waals surface area contributed by atoms with Crippen molar-refractivity contribution in [2.24, 2.45) is 5.92 Å². The van der Waals surface area contributed by atoms with Gasteiger partial charge in [-0.25, -0.2) is 0 Å². The second-order valence-corrected chi connectivity index (χ2v) is 6.03. The minimum atomic E-state index is 0.766. The van der Waals surface area contributed by atoms with Crippen LogP contribution in [0.1, 0.15) is 25.2 Å². The molecule has 112 valence electrons. The normalized spacial score (nSPS) is 25.1. The SMILES string of the molecule is CN1CCN(c2noc(CCC3CCCNC3)n2)CC1. The van der Waals surface area contributed by atoms with Crippen molar-refractivity contribution < 1.29 is 4.52 Å². The van der Waals surface area contributed by atoms with E-state index in [1.54, 1.807) is 0 Å². The van der Waals surface area contributed by atoms with Crippen LogP contribution in [0.2, 0.25) is 0 Å². The van der Waals surface area contributed by atoms with Crippen molar-refractivity contribution in [1.82, 2.24) is 20.4 Å². The van der Waals surface area contributed by atoms with E-state index in [0.29, 0.717) is 0 Å². The summed E-state index contributed by atoms with van der Waals surface area (Å²) in [6.45, 7) is 6.42. The molecule has 0 bridgehead atoms. The molecule has 2 aliphatic heterocycles. The minimum absolute atomic E-state index is 0.766. The molecule has 20 heavy (non-hydrogen) atoms. The first-order valence-electron chi connectivity index (χ1n) is 7.78. The molecule has 0 amide bonds. The highest BCUT2D eigenvalue weighted by Gasteiger charge is 2.20. The summed E-state index contributed by atoms with van der Waals surface area (Å²) >= 11 is 0. The number of aryl methyl sites for hydroxylation is 1. The van der Waals surface area contributed by atoms with Crippen molar-refractivity contribution in [2.75, 3.05) is 51.2 Å². The van der Waals surface area contributed by atoms with Gasteiger partial charge in [-0.2, -0.15) is 4.98 Å². The quantitative estimate of drug-likeness (QED) is 0.878. The van der Waals surface area contributed by atoms with Gasteiger partial charge in [-0.15, -0.1) is 0 Å². The van der Waals surface area contributed by atoms with E-state index in [2.05, 4.69) is 32.3 Å². The van der Waals surface area contributed by atoms with Gasteiger partial charge in [0.05, 0.1) is 0 Å². The molecule has 1 N–H and O–H groups in total. The maximum Gasteiger partial charge on any atom is 0.266 e. The molecule has 0 saturated carbocycles. The number of aromatic nitrogens is 2. The lowest BCUT2D eigenvalue weighted by molar-refractivity contribution is 0.307. The van der Waals surface area contributed by atoms with Gasteiger partial charge in [0.15, 0.2) is 0 Å². The van der Waals surface area contributed by atoms with E-state index in [-0.39, 0.29) is 0 Å². The number of hydrogen-bond donors (Lipinski definition) is 1. The zero-order valence-electron chi connectivity index (χ0n) is 12.3. The Kier molecular flexibility index (Phi) is 4.52. The van der Waals surface area contributed by atoms with Crippen molar-refractivity contribution in [3.8, 4) is 0 Å². The smallest absolute Gasteiger partial charge is 0.266 e. The number of nitrogens with zero attached hydrogens (tertiary/aromatic N) is 4. The summed E-state index contributed by atoms with van der Waals surface area (Å²) in [5.74, 6) is 2.34. The Bertz CT molecular complexity index is 407. The number of anilines is 1. The summed E-state index contributed by atoms with van der Waals surface area (Å²) in [6, 6.07) is 0. The fourth-order valence-corrected chi connectivity index (χ4v) is 2.98. The predicted molar refractivity (Wildman–Crippen MR) is 77.9 cm³/mol. The maximum atomic E-state index is 5.40. The highest BCUT2D eigenvalue weighted by Crippen LogP contribution is 2.18. The number of hydrogen-bond acceptors (Lipinski definition) is 6. The summed E-state index contributed by atoms with van der Waals surface area (Å²) in [7, 11) is 2.15. The molecule has 3 rings (SSSR count). The molecule has 6 nitrogen and oxygen atoms in total. The molecule has 1 atom stereocenters. The Labute approximate surface area is 120 Å². The van der Waals surface area contributed by atoms with E-state index >= 15 is 0 Å². The molecule has 2 saturated heterocycles. The Balaban J connectivity index is 1.49. The van der Waals surface area contributed by atoms with Gasteiger partial charge in [0.25, 0.3) is 5.95 Å². The van der Waals surface area contributed by atoms with Gasteiger partial charge in [0, 0.05) is 32.6 Å². The van der Waals surface area contributed by atoms with Crippen LogP contribution < -0.4 is 10.2 Å². The second kappa shape index (κ2) is 6.54. The van der Waals surface area contributed by atoms with E-state index in [4.69, 9.17) is 4.52 Å². The van der Waals surface area contributed by atoms with Gasteiger partial charge in [0.1, 0.15) is 0 Å². The van der Waals surface area contributed by atoms with Crippen molar-refractivity contribution in [3.63, 3.8) is 0 Å². The molecule has 0 aliphatic carbocycles. The van der Waals surface area contributed by atoms with Crippen LogP contribution in [-0.2, 0) is 6.42 Å². The topological polar surface area (TPSA) is 57.4 Å². The van der Waals surface area contributed by atoms with Crippen LogP contribution >= 0.6 is 0 Å². The summed E-state index contributed by atoms with van der Waals surface area (Å²) in [5.41, 5.74) is 0. The first-order chi connectivity index (χ1) is 9.81. The van der Waals surface area contributed by atoms with Crippen LogP contribution in [0.5, 0.6) is 0 Å². The van der Waals surface area contributed by atoms with Crippen molar-refractivity contribution in [3.05, 3.63) is 5.89 Å². The summed E-state index contributed by atoms with van der Waals surface area (Å²) in [5, 5.41) is 7.59. The molecular weight excluding hydrogens is 254 g/mol. The number of rotatable bonds is 4. The van der Waals surface area contributed by atoms with E-state index in [1.165, 1.54) is 19.4 Å². The molecule has 2 fully saturated rings. The molecule has 0 aromatic carbocycles. The van der Waals surface area contributed by atoms with Crippen LogP contribution in [0, 0.1) is 5.92 Å². The monoisotopic (exact) mass is 279 g/mol. The third-order valence-corrected chi connectivity index (χ3v) is 4.41. The average molecular weight is 279 g/mol. The lowest BCUT2D eigenvalue weighted by Gasteiger charge is -2.31. The summed E-state index contributed by atoms with van der Waals surface area (Å²) < 4.78 is 5.40. The molecule has 0 radical (unpaired) electrons. The van der Waals surface area contributed by atoms with E-state index in [9.17, 15) is 0 Å². The minimum Gasteiger partial charge on any atom is -0.337 e. The van der Waals surface area contributed by atoms with Gasteiger partial charge < -0.3 is 19.6 Å². The molecule has 2 aliphatic rings. The van der Waals surface area contributed by atoms with Gasteiger partial charge in [-0.05, 0) is 50.5 Å². The maximum absolute atomic E-state index is 5.40. The highest BCUT2D eigenvalue weighted by atomic mass is 16.5. The molecule has 3 heterocycles. The summed E-state index contributed by atoms with van der Waals surface area (Å²) in [4.78, 5) is 9.10. The zero-order valence-corrected chi connectivity index (χ0v) is 12.3. The van der Waals surface area contributed by atoms with E-state index in [0.717, 1.165) is 63.3 Å². The van der Waals surface area contributed by atoms with Crippen LogP contribution in [0.4, 0.5) is 5.95 Å². The Morgan fingerprint density at radius 3 is 2.90 bits per heavy atom. The number of piperidine rings is 1. The predicted octanol–water partition coefficient (Wildman–Crippen LogP) is 0.754. The van der Waals surface area contributed by atoms with Crippen LogP contribution in [0.3, 0.4) is 0 Å². The highest BCUT2D eigenvalue weighted by molar-refractivity contribution is 5.28. The fraction of sp³-hybridized carbons (Fsp3) is 0.857. The third kappa shape index (κ3) is 3.49. The fourth-order valence-electron chi connectivity index (χ4n) is 2.98. The first-order valence-corrected chi connectivity index (χ1v) is 7.78. The average Bonchev–Trinajstić information content (AvgIpc) is 2.96. The van der Waals surface area contributed by atoms with Crippen molar-refractivity contribution in [2.45, 2.75) is 25.7 Å². The molecular formula is C14H25N5O. The largest absolute Gasteiger partial charge is 0.337 e. The standard InChI is InChI=1S/C14H25N5O/c1-18-7-9-19(10-8-18)14-16-13(20-17-14)5-4-12-3-2-6-15-11-12/h12,15H,2-11H2,1H3. The second-order valence-electron chi connectivity index (χ2n) is 6.03. The Hall–Kier alpha value is -1.14. The molecule has 6 heteroatoms. The van der Waals surface area contributed by atoms with Gasteiger partial charge in [-0.3, -0.25) is 0 Å².